The Morgan fingerprint density at radius 1 is 0.639 bits per heavy atom. The predicted molar refractivity (Wildman–Crippen MR) is 251 cm³/mol. The number of carbonyl (C=O) groups excluding carboxylic acids is 1. The Morgan fingerprint density at radius 2 is 1.11 bits per heavy atom. The molecule has 0 radical (unpaired) electrons. The summed E-state index contributed by atoms with van der Waals surface area (Å²) in [7, 11) is 0. The fourth-order valence-electron chi connectivity index (χ4n) is 6.27. The van der Waals surface area contributed by atoms with Gasteiger partial charge in [-0.1, -0.05) is 141 Å². The van der Waals surface area contributed by atoms with Gasteiger partial charge in [-0.15, -0.1) is 0 Å². The van der Waals surface area contributed by atoms with Crippen LogP contribution in [0.3, 0.4) is 0 Å². The highest BCUT2D eigenvalue weighted by Gasteiger charge is 2.18. The Labute approximate surface area is 368 Å². The number of rotatable bonds is 13. The molecule has 2 atom stereocenters. The summed E-state index contributed by atoms with van der Waals surface area (Å²) in [6, 6.07) is 47.9. The van der Waals surface area contributed by atoms with E-state index in [-0.39, 0.29) is 12.4 Å². The zero-order valence-electron chi connectivity index (χ0n) is 35.8. The van der Waals surface area contributed by atoms with Crippen molar-refractivity contribution in [3.05, 3.63) is 201 Å². The fourth-order valence-corrected chi connectivity index (χ4v) is 7.82. The summed E-state index contributed by atoms with van der Waals surface area (Å²) in [5.41, 5.74) is 12.0. The van der Waals surface area contributed by atoms with E-state index in [1.165, 1.54) is 40.7 Å². The third-order valence-electron chi connectivity index (χ3n) is 9.96. The van der Waals surface area contributed by atoms with Gasteiger partial charge in [-0.3, -0.25) is 4.79 Å². The van der Waals surface area contributed by atoms with Crippen LogP contribution in [0.25, 0.3) is 0 Å². The van der Waals surface area contributed by atoms with Crippen LogP contribution in [0.1, 0.15) is 81.8 Å². The molecule has 6 aromatic carbocycles. The van der Waals surface area contributed by atoms with E-state index in [2.05, 4.69) is 71.2 Å². The van der Waals surface area contributed by atoms with Crippen LogP contribution in [-0.4, -0.2) is 46.8 Å². The predicted octanol–water partition coefficient (Wildman–Crippen LogP) is 11.2. The average Bonchev–Trinajstić information content (AvgIpc) is 3.87. The second-order valence-electron chi connectivity index (χ2n) is 14.8. The van der Waals surface area contributed by atoms with E-state index >= 15 is 0 Å². The Bertz CT molecular complexity index is 2300. The van der Waals surface area contributed by atoms with Gasteiger partial charge < -0.3 is 18.6 Å². The molecule has 1 aliphatic rings. The number of nitrogens with zero attached hydrogens (tertiary/aromatic N) is 2. The van der Waals surface area contributed by atoms with Crippen molar-refractivity contribution in [2.75, 3.05) is 19.8 Å². The van der Waals surface area contributed by atoms with Gasteiger partial charge in [-0.2, -0.15) is 0 Å². The smallest absolute Gasteiger partial charge is 0.312 e. The van der Waals surface area contributed by atoms with Gasteiger partial charge in [0.1, 0.15) is 28.4 Å². The topological polar surface area (TPSA) is 106 Å². The number of hydrogen-bond acceptors (Lipinski definition) is 7. The molecule has 0 bridgehead atoms. The van der Waals surface area contributed by atoms with Crippen LogP contribution in [0.2, 0.25) is 0 Å². The van der Waals surface area contributed by atoms with Crippen molar-refractivity contribution in [3.63, 3.8) is 0 Å². The Hall–Kier alpha value is -5.29. The summed E-state index contributed by atoms with van der Waals surface area (Å²) in [6.07, 6.45) is 5.95. The highest BCUT2D eigenvalue weighted by atomic mass is 32.2. The maximum atomic E-state index is 12.8. The van der Waals surface area contributed by atoms with E-state index < -0.39 is 22.7 Å². The number of benzene rings is 6. The van der Waals surface area contributed by atoms with Crippen molar-refractivity contribution in [2.24, 2.45) is 8.80 Å². The third kappa shape index (κ3) is 15.9. The molecular weight excluding hydrogens is 797 g/mol. The Kier molecular flexibility index (Phi) is 19.0. The largest absolute Gasteiger partial charge is 0.586 e. The van der Waals surface area contributed by atoms with Crippen LogP contribution in [-0.2, 0) is 49.8 Å². The summed E-state index contributed by atoms with van der Waals surface area (Å²) in [6.45, 7) is 12.3. The van der Waals surface area contributed by atoms with Gasteiger partial charge in [0.25, 0.3) is 0 Å². The van der Waals surface area contributed by atoms with Crippen molar-refractivity contribution in [3.8, 4) is 0 Å². The van der Waals surface area contributed by atoms with E-state index in [4.69, 9.17) is 9.47 Å². The summed E-state index contributed by atoms with van der Waals surface area (Å²) < 4.78 is 43.6. The van der Waals surface area contributed by atoms with Gasteiger partial charge in [-0.25, -0.2) is 0 Å². The first-order valence-electron chi connectivity index (χ1n) is 20.7. The van der Waals surface area contributed by atoms with Crippen LogP contribution in [0.4, 0.5) is 0 Å². The zero-order valence-corrected chi connectivity index (χ0v) is 37.5. The fraction of sp³-hybridized carbons (Fsp3) is 0.250. The molecule has 1 aliphatic heterocycles. The van der Waals surface area contributed by atoms with E-state index in [0.29, 0.717) is 17.2 Å². The first-order chi connectivity index (χ1) is 29.6. The molecule has 1 fully saturated rings. The molecule has 6 aromatic rings. The molecule has 7 nitrogen and oxygen atoms in total. The van der Waals surface area contributed by atoms with Crippen LogP contribution in [0, 0.1) is 27.7 Å². The SMILES string of the molecule is C1CCOC1.CCOC(=O)CC(=N[S+]([O-])c1ccc(C)cc1)c1ccc(Cc2ccccc2C)cc1.Cc1ccc([S+]([O-])N=Cc2ccc(Cc3ccccc3C)cc2)cc1. The van der Waals surface area contributed by atoms with E-state index in [0.717, 1.165) is 58.8 Å². The Balaban J connectivity index is 0.000000210. The molecule has 0 amide bonds. The second kappa shape index (κ2) is 24.8. The van der Waals surface area contributed by atoms with Gasteiger partial charge in [0, 0.05) is 18.8 Å². The normalized spacial score (nSPS) is 13.4. The molecule has 0 spiro atoms. The lowest BCUT2D eigenvalue weighted by molar-refractivity contribution is -0.141. The second-order valence-corrected chi connectivity index (χ2v) is 17.2. The van der Waals surface area contributed by atoms with Crippen molar-refractivity contribution in [1.82, 2.24) is 0 Å². The number of hydrogen-bond donors (Lipinski definition) is 0. The minimum Gasteiger partial charge on any atom is -0.586 e. The van der Waals surface area contributed by atoms with E-state index in [9.17, 15) is 13.9 Å². The van der Waals surface area contributed by atoms with Crippen molar-refractivity contribution in [2.45, 2.75) is 76.5 Å². The number of carbonyl (C=O) groups is 1. The highest BCUT2D eigenvalue weighted by Crippen LogP contribution is 2.20. The summed E-state index contributed by atoms with van der Waals surface area (Å²) >= 11 is -2.97. The summed E-state index contributed by atoms with van der Waals surface area (Å²) in [4.78, 5) is 13.5. The van der Waals surface area contributed by atoms with Crippen LogP contribution >= 0.6 is 0 Å². The number of esters is 1. The lowest BCUT2D eigenvalue weighted by atomic mass is 9.98. The standard InChI is InChI=1S/C26H27NO3S.C22H21NOS.C4H8O/c1-4-30-26(28)18-25(27-31(29)24-15-9-19(2)10-16-24)22-13-11-21(12-14-22)17-23-8-6-5-7-20(23)3;1-17-7-13-22(14-8-17)25(24)23-16-20-11-9-19(10-12-20)15-21-6-4-3-5-18(21)2;1-2-4-5-3-1/h5-16H,4,17-18H2,1-3H3;3-14,16H,15H2,1-2H3;1-4H2. The van der Waals surface area contributed by atoms with Gasteiger partial charge in [-0.05, 0) is 124 Å². The molecule has 0 aliphatic carbocycles. The van der Waals surface area contributed by atoms with Gasteiger partial charge >= 0.3 is 5.97 Å². The van der Waals surface area contributed by atoms with Crippen LogP contribution < -0.4 is 0 Å². The number of ether oxygens (including phenoxy) is 2. The summed E-state index contributed by atoms with van der Waals surface area (Å²) in [5.74, 6) is -0.383. The molecule has 9 heteroatoms. The molecule has 0 N–H and O–H groups in total. The molecule has 61 heavy (non-hydrogen) atoms. The molecule has 2 unspecified atom stereocenters. The molecule has 0 aromatic heterocycles. The van der Waals surface area contributed by atoms with E-state index in [1.54, 1.807) is 25.3 Å². The minimum atomic E-state index is -1.60. The lowest BCUT2D eigenvalue weighted by Crippen LogP contribution is -2.14. The Morgan fingerprint density at radius 3 is 1.57 bits per heavy atom. The lowest BCUT2D eigenvalue weighted by Gasteiger charge is -2.10. The van der Waals surface area contributed by atoms with Crippen LogP contribution in [0.5, 0.6) is 0 Å². The summed E-state index contributed by atoms with van der Waals surface area (Å²) in [5, 5.41) is 0. The first-order valence-corrected chi connectivity index (χ1v) is 22.9. The quantitative estimate of drug-likeness (QED) is 0.0653. The monoisotopic (exact) mass is 852 g/mol. The molecule has 7 rings (SSSR count). The van der Waals surface area contributed by atoms with Gasteiger partial charge in [0.2, 0.25) is 0 Å². The molecule has 0 saturated carbocycles. The maximum absolute atomic E-state index is 12.8. The van der Waals surface area contributed by atoms with Crippen molar-refractivity contribution >= 4 is 40.6 Å². The van der Waals surface area contributed by atoms with Crippen LogP contribution in [0.15, 0.2) is 164 Å². The minimum absolute atomic E-state index is 0.0252. The molecule has 316 valence electrons. The third-order valence-corrected chi connectivity index (χ3v) is 12.0. The van der Waals surface area contributed by atoms with Crippen molar-refractivity contribution < 1.29 is 23.4 Å². The average molecular weight is 853 g/mol. The molecule has 1 heterocycles. The van der Waals surface area contributed by atoms with Gasteiger partial charge in [0.05, 0.1) is 19.2 Å². The first kappa shape index (κ1) is 46.8. The zero-order chi connectivity index (χ0) is 43.4. The van der Waals surface area contributed by atoms with Crippen molar-refractivity contribution in [1.29, 1.82) is 0 Å². The van der Waals surface area contributed by atoms with E-state index in [1.807, 2.05) is 98.8 Å². The molecular formula is C52H56N2O5S2. The molecule has 1 saturated heterocycles. The van der Waals surface area contributed by atoms with Gasteiger partial charge in [0.15, 0.2) is 9.79 Å². The highest BCUT2D eigenvalue weighted by molar-refractivity contribution is 7.90. The number of aryl methyl sites for hydroxylation is 4. The maximum Gasteiger partial charge on any atom is 0.312 e.